The Bertz CT molecular complexity index is 397. The highest BCUT2D eigenvalue weighted by Gasteiger charge is 2.30. The van der Waals surface area contributed by atoms with Crippen LogP contribution in [0, 0.1) is 0 Å². The minimum absolute atomic E-state index is 0.305. The zero-order valence-electron chi connectivity index (χ0n) is 10.6. The number of hydrogen-bond donors (Lipinski definition) is 2. The van der Waals surface area contributed by atoms with Crippen LogP contribution < -0.4 is 10.6 Å². The Morgan fingerprint density at radius 2 is 2.06 bits per heavy atom. The molecule has 1 atom stereocenters. The predicted molar refractivity (Wildman–Crippen MR) is 74.3 cm³/mol. The lowest BCUT2D eigenvalue weighted by Crippen LogP contribution is -2.55. The summed E-state index contributed by atoms with van der Waals surface area (Å²) in [7, 11) is 1.72. The third-order valence-electron chi connectivity index (χ3n) is 2.75. The largest absolute Gasteiger partial charge is 0.306 e. The monoisotopic (exact) mass is 266 g/mol. The number of benzene rings is 1. The van der Waals surface area contributed by atoms with Gasteiger partial charge in [-0.05, 0) is 19.5 Å². The molecule has 0 aliphatic rings. The lowest BCUT2D eigenvalue weighted by Gasteiger charge is -2.26. The summed E-state index contributed by atoms with van der Waals surface area (Å²) >= 11 is 1.65. The molecule has 4 nitrogen and oxygen atoms in total. The van der Waals surface area contributed by atoms with Gasteiger partial charge in [0.15, 0.2) is 0 Å². The summed E-state index contributed by atoms with van der Waals surface area (Å²) in [5.74, 6) is 1.13. The second kappa shape index (κ2) is 7.18. The topological polar surface area (TPSA) is 58.2 Å². The molecule has 18 heavy (non-hydrogen) atoms. The number of thioether (sulfide) groups is 1. The molecule has 0 aliphatic carbocycles. The zero-order chi connectivity index (χ0) is 13.4. The second-order valence-electron chi connectivity index (χ2n) is 4.15. The third-order valence-corrected chi connectivity index (χ3v) is 4.06. The number of nitrogens with one attached hydrogen (secondary N) is 2. The number of hydrogen-bond acceptors (Lipinski definition) is 4. The van der Waals surface area contributed by atoms with Crippen LogP contribution in [0.25, 0.3) is 0 Å². The quantitative estimate of drug-likeness (QED) is 0.727. The molecular formula is C13H18N2O2S. The van der Waals surface area contributed by atoms with Gasteiger partial charge in [-0.15, -0.1) is 0 Å². The van der Waals surface area contributed by atoms with Crippen molar-refractivity contribution in [1.29, 1.82) is 0 Å². The normalized spacial score (nSPS) is 13.7. The van der Waals surface area contributed by atoms with Crippen LogP contribution in [0.4, 0.5) is 0 Å². The standard InChI is InChI=1S/C13H18N2O2S/c1-13(14-2,12(17)15-10-16)9-18-8-11-6-4-3-5-7-11/h3-7,10,14H,8-9H2,1-2H3,(H,15,16,17)/t13-/m0/s1. The Morgan fingerprint density at radius 3 is 2.61 bits per heavy atom. The van der Waals surface area contributed by atoms with Crippen LogP contribution in [0.3, 0.4) is 0 Å². The summed E-state index contributed by atoms with van der Waals surface area (Å²) in [6.45, 7) is 1.78. The molecule has 98 valence electrons. The van der Waals surface area contributed by atoms with Crippen molar-refractivity contribution in [2.75, 3.05) is 12.8 Å². The van der Waals surface area contributed by atoms with E-state index in [1.807, 2.05) is 18.2 Å². The van der Waals surface area contributed by atoms with E-state index in [0.29, 0.717) is 12.2 Å². The maximum atomic E-state index is 11.7. The molecule has 1 aromatic rings. The zero-order valence-corrected chi connectivity index (χ0v) is 11.4. The first-order valence-corrected chi connectivity index (χ1v) is 6.83. The van der Waals surface area contributed by atoms with Crippen LogP contribution in [0.5, 0.6) is 0 Å². The van der Waals surface area contributed by atoms with Gasteiger partial charge in [0.25, 0.3) is 0 Å². The average molecular weight is 266 g/mol. The summed E-state index contributed by atoms with van der Waals surface area (Å²) in [4.78, 5) is 22.0. The van der Waals surface area contributed by atoms with E-state index in [4.69, 9.17) is 0 Å². The lowest BCUT2D eigenvalue weighted by molar-refractivity contribution is -0.129. The van der Waals surface area contributed by atoms with Gasteiger partial charge in [-0.1, -0.05) is 30.3 Å². The number of amides is 2. The Morgan fingerprint density at radius 1 is 1.39 bits per heavy atom. The van der Waals surface area contributed by atoms with Crippen molar-refractivity contribution in [2.45, 2.75) is 18.2 Å². The fourth-order valence-electron chi connectivity index (χ4n) is 1.41. The van der Waals surface area contributed by atoms with Crippen molar-refractivity contribution in [3.8, 4) is 0 Å². The van der Waals surface area contributed by atoms with E-state index in [0.717, 1.165) is 5.75 Å². The molecule has 0 aliphatic heterocycles. The smallest absolute Gasteiger partial charge is 0.247 e. The molecule has 0 aromatic heterocycles. The van der Waals surface area contributed by atoms with Gasteiger partial charge < -0.3 is 5.32 Å². The summed E-state index contributed by atoms with van der Waals surface area (Å²) in [5, 5.41) is 5.15. The molecule has 0 unspecified atom stereocenters. The molecule has 2 amide bonds. The summed E-state index contributed by atoms with van der Waals surface area (Å²) in [6.07, 6.45) is 0.416. The molecule has 5 heteroatoms. The Balaban J connectivity index is 2.49. The third kappa shape index (κ3) is 4.16. The first-order valence-electron chi connectivity index (χ1n) is 5.67. The molecule has 1 rings (SSSR count). The van der Waals surface area contributed by atoms with Crippen molar-refractivity contribution in [3.63, 3.8) is 0 Å². The first-order chi connectivity index (χ1) is 8.62. The predicted octanol–water partition coefficient (Wildman–Crippen LogP) is 1.17. The molecule has 2 N–H and O–H groups in total. The van der Waals surface area contributed by atoms with Crippen LogP contribution >= 0.6 is 11.8 Å². The SMILES string of the molecule is CN[C@@](C)(CSCc1ccccc1)C(=O)NC=O. The number of carbonyl (C=O) groups excluding carboxylic acids is 2. The summed E-state index contributed by atoms with van der Waals surface area (Å²) < 4.78 is 0. The highest BCUT2D eigenvalue weighted by atomic mass is 32.2. The van der Waals surface area contributed by atoms with Crippen LogP contribution in [0.2, 0.25) is 0 Å². The molecule has 0 bridgehead atoms. The van der Waals surface area contributed by atoms with E-state index in [1.165, 1.54) is 5.56 Å². The molecule has 0 saturated heterocycles. The fraction of sp³-hybridized carbons (Fsp3) is 0.385. The van der Waals surface area contributed by atoms with Crippen LogP contribution in [-0.4, -0.2) is 30.7 Å². The fourth-order valence-corrected chi connectivity index (χ4v) is 2.63. The van der Waals surface area contributed by atoms with Gasteiger partial charge in [-0.3, -0.25) is 14.9 Å². The molecule has 0 saturated carbocycles. The molecule has 1 aromatic carbocycles. The van der Waals surface area contributed by atoms with E-state index in [-0.39, 0.29) is 5.91 Å². The molecular weight excluding hydrogens is 248 g/mol. The Kier molecular flexibility index (Phi) is 5.88. The maximum absolute atomic E-state index is 11.7. The van der Waals surface area contributed by atoms with E-state index >= 15 is 0 Å². The van der Waals surface area contributed by atoms with Crippen molar-refractivity contribution < 1.29 is 9.59 Å². The number of rotatable bonds is 7. The van der Waals surface area contributed by atoms with Gasteiger partial charge in [-0.25, -0.2) is 0 Å². The van der Waals surface area contributed by atoms with Gasteiger partial charge in [0.1, 0.15) is 5.54 Å². The van der Waals surface area contributed by atoms with Gasteiger partial charge in [0.05, 0.1) is 0 Å². The highest BCUT2D eigenvalue weighted by molar-refractivity contribution is 7.98. The second-order valence-corrected chi connectivity index (χ2v) is 5.14. The molecule has 0 spiro atoms. The van der Waals surface area contributed by atoms with Crippen molar-refractivity contribution in [1.82, 2.24) is 10.6 Å². The Hall–Kier alpha value is -1.33. The van der Waals surface area contributed by atoms with E-state index in [1.54, 1.807) is 25.7 Å². The molecule has 0 fully saturated rings. The first kappa shape index (κ1) is 14.7. The van der Waals surface area contributed by atoms with Crippen LogP contribution in [0.1, 0.15) is 12.5 Å². The minimum Gasteiger partial charge on any atom is -0.306 e. The summed E-state index contributed by atoms with van der Waals surface area (Å²) in [5.41, 5.74) is 0.483. The lowest BCUT2D eigenvalue weighted by atomic mass is 10.1. The molecule has 0 heterocycles. The van der Waals surface area contributed by atoms with Gasteiger partial charge >= 0.3 is 0 Å². The van der Waals surface area contributed by atoms with E-state index in [2.05, 4.69) is 22.8 Å². The van der Waals surface area contributed by atoms with Gasteiger partial charge in [0, 0.05) is 11.5 Å². The Labute approximate surface area is 112 Å². The van der Waals surface area contributed by atoms with Crippen molar-refractivity contribution in [3.05, 3.63) is 35.9 Å². The van der Waals surface area contributed by atoms with Crippen LogP contribution in [-0.2, 0) is 15.3 Å². The van der Waals surface area contributed by atoms with Gasteiger partial charge in [-0.2, -0.15) is 11.8 Å². The van der Waals surface area contributed by atoms with Gasteiger partial charge in [0.2, 0.25) is 12.3 Å². The van der Waals surface area contributed by atoms with Crippen LogP contribution in [0.15, 0.2) is 30.3 Å². The number of likely N-dealkylation sites (N-methyl/N-ethyl adjacent to an activating group) is 1. The average Bonchev–Trinajstić information content (AvgIpc) is 2.40. The molecule has 0 radical (unpaired) electrons. The number of imide groups is 1. The summed E-state index contributed by atoms with van der Waals surface area (Å²) in [6, 6.07) is 10.1. The van der Waals surface area contributed by atoms with Crippen molar-refractivity contribution >= 4 is 24.1 Å². The van der Waals surface area contributed by atoms with Crippen molar-refractivity contribution in [2.24, 2.45) is 0 Å². The number of carbonyl (C=O) groups is 2. The highest BCUT2D eigenvalue weighted by Crippen LogP contribution is 2.18. The van der Waals surface area contributed by atoms with E-state index < -0.39 is 5.54 Å². The maximum Gasteiger partial charge on any atom is 0.247 e. The van der Waals surface area contributed by atoms with E-state index in [9.17, 15) is 9.59 Å². The minimum atomic E-state index is -0.736.